The second-order valence-electron chi connectivity index (χ2n) is 12.0. The van der Waals surface area contributed by atoms with Crippen LogP contribution >= 0.6 is 11.8 Å². The largest absolute Gasteiger partial charge is 0.446 e. The highest BCUT2D eigenvalue weighted by molar-refractivity contribution is 8.00. The Labute approximate surface area is 291 Å². The molecule has 0 spiro atoms. The maximum atomic E-state index is 14.8. The zero-order chi connectivity index (χ0) is 35.6. The standard InChI is InChI=1S/C36H33F3N8O2S/c1-21-7-5-9-29(42-21)44-31-19-25(15-17-40-31)23(3)35(24(4)26-16-18-41-32(20-26)45-30-10-6-8-22(2)43-30)33(48)47(34(49)46-35)27-11-13-28(14-12-27)50-36(37,38)39/h5-20,23-24H,1-4H3,(H,46,49)(H,40,42,44)(H,41,43,45). The minimum Gasteiger partial charge on any atom is -0.325 e. The molecule has 3 amide bonds. The Bertz CT molecular complexity index is 1950. The summed E-state index contributed by atoms with van der Waals surface area (Å²) in [7, 11) is 0. The first-order chi connectivity index (χ1) is 23.8. The van der Waals surface area contributed by atoms with Crippen molar-refractivity contribution in [1.82, 2.24) is 25.3 Å². The van der Waals surface area contributed by atoms with Crippen molar-refractivity contribution in [1.29, 1.82) is 0 Å². The van der Waals surface area contributed by atoms with E-state index in [1.54, 1.807) is 36.7 Å². The number of carbonyl (C=O) groups is 2. The van der Waals surface area contributed by atoms with Gasteiger partial charge in [0.05, 0.1) is 5.69 Å². The van der Waals surface area contributed by atoms with E-state index in [9.17, 15) is 22.8 Å². The number of halogens is 3. The van der Waals surface area contributed by atoms with Crippen molar-refractivity contribution in [2.75, 3.05) is 15.5 Å². The van der Waals surface area contributed by atoms with E-state index in [2.05, 4.69) is 35.9 Å². The zero-order valence-electron chi connectivity index (χ0n) is 27.5. The molecule has 0 aliphatic carbocycles. The average molecular weight is 699 g/mol. The molecule has 1 fully saturated rings. The number of imide groups is 1. The number of amides is 3. The number of nitrogens with zero attached hydrogens (tertiary/aromatic N) is 5. The fourth-order valence-electron chi connectivity index (χ4n) is 6.14. The topological polar surface area (TPSA) is 125 Å². The van der Waals surface area contributed by atoms with Crippen LogP contribution in [0.3, 0.4) is 0 Å². The number of aromatic nitrogens is 4. The Kier molecular flexibility index (Phi) is 9.47. The summed E-state index contributed by atoms with van der Waals surface area (Å²) >= 11 is -0.274. The van der Waals surface area contributed by atoms with E-state index < -0.39 is 34.8 Å². The highest BCUT2D eigenvalue weighted by Gasteiger charge is 2.58. The number of urea groups is 1. The van der Waals surface area contributed by atoms with Gasteiger partial charge in [-0.2, -0.15) is 13.2 Å². The van der Waals surface area contributed by atoms with E-state index in [0.29, 0.717) is 34.4 Å². The molecule has 14 heteroatoms. The Morgan fingerprint density at radius 1 is 0.740 bits per heavy atom. The summed E-state index contributed by atoms with van der Waals surface area (Å²) in [6.07, 6.45) is 3.23. The maximum absolute atomic E-state index is 14.8. The lowest BCUT2D eigenvalue weighted by Gasteiger charge is -2.39. The molecule has 50 heavy (non-hydrogen) atoms. The van der Waals surface area contributed by atoms with E-state index >= 15 is 0 Å². The molecule has 1 aliphatic rings. The smallest absolute Gasteiger partial charge is 0.325 e. The third-order valence-corrected chi connectivity index (χ3v) is 9.36. The predicted molar refractivity (Wildman–Crippen MR) is 187 cm³/mol. The summed E-state index contributed by atoms with van der Waals surface area (Å²) in [6, 6.07) is 22.7. The zero-order valence-corrected chi connectivity index (χ0v) is 28.3. The number of alkyl halides is 3. The molecule has 1 aliphatic heterocycles. The van der Waals surface area contributed by atoms with E-state index in [0.717, 1.165) is 16.3 Å². The third kappa shape index (κ3) is 7.25. The number of pyridine rings is 4. The molecule has 3 N–H and O–H groups in total. The maximum Gasteiger partial charge on any atom is 0.446 e. The molecule has 0 bridgehead atoms. The molecule has 6 rings (SSSR count). The summed E-state index contributed by atoms with van der Waals surface area (Å²) < 4.78 is 39.0. The highest BCUT2D eigenvalue weighted by Crippen LogP contribution is 2.46. The van der Waals surface area contributed by atoms with E-state index in [1.165, 1.54) is 24.3 Å². The van der Waals surface area contributed by atoms with Gasteiger partial charge in [-0.15, -0.1) is 0 Å². The van der Waals surface area contributed by atoms with Crippen LogP contribution in [-0.2, 0) is 4.79 Å². The minimum atomic E-state index is -4.48. The van der Waals surface area contributed by atoms with Gasteiger partial charge < -0.3 is 16.0 Å². The molecular formula is C36H33F3N8O2S. The number of benzene rings is 1. The van der Waals surface area contributed by atoms with Gasteiger partial charge in [-0.25, -0.2) is 29.6 Å². The second kappa shape index (κ2) is 13.8. The Hall–Kier alpha value is -5.50. The molecule has 2 unspecified atom stereocenters. The monoisotopic (exact) mass is 698 g/mol. The SMILES string of the molecule is Cc1cccc(Nc2cc(C(C)C3(C(C)c4ccnc(Nc5cccc(C)n5)c4)NC(=O)N(c4ccc(SC(F)(F)F)cc4)C3=O)ccn2)n1. The Balaban J connectivity index is 1.39. The van der Waals surface area contributed by atoms with Crippen molar-refractivity contribution in [3.63, 3.8) is 0 Å². The van der Waals surface area contributed by atoms with E-state index in [1.807, 2.05) is 64.1 Å². The Morgan fingerprint density at radius 3 is 1.70 bits per heavy atom. The summed E-state index contributed by atoms with van der Waals surface area (Å²) in [5, 5.41) is 9.42. The number of anilines is 5. The molecule has 0 saturated carbocycles. The van der Waals surface area contributed by atoms with Gasteiger partial charge in [0.1, 0.15) is 28.8 Å². The number of hydrogen-bond donors (Lipinski definition) is 3. The van der Waals surface area contributed by atoms with E-state index in [4.69, 9.17) is 0 Å². The van der Waals surface area contributed by atoms with Crippen LogP contribution in [0.25, 0.3) is 0 Å². The molecule has 1 saturated heterocycles. The van der Waals surface area contributed by atoms with Crippen LogP contribution in [0.1, 0.15) is 48.2 Å². The Morgan fingerprint density at radius 2 is 1.24 bits per heavy atom. The van der Waals surface area contributed by atoms with Crippen LogP contribution in [0.2, 0.25) is 0 Å². The second-order valence-corrected chi connectivity index (χ2v) is 13.1. The molecule has 256 valence electrons. The van der Waals surface area contributed by atoms with Crippen molar-refractivity contribution in [3.8, 4) is 0 Å². The number of nitrogens with one attached hydrogen (secondary N) is 3. The number of aryl methyl sites for hydroxylation is 2. The number of rotatable bonds is 10. The van der Waals surface area contributed by atoms with Gasteiger partial charge >= 0.3 is 11.5 Å². The summed E-state index contributed by atoms with van der Waals surface area (Å²) in [5.41, 5.74) is -2.84. The first kappa shape index (κ1) is 34.4. The summed E-state index contributed by atoms with van der Waals surface area (Å²) in [5.74, 6) is 0.345. The predicted octanol–water partition coefficient (Wildman–Crippen LogP) is 8.38. The third-order valence-electron chi connectivity index (χ3n) is 8.63. The molecule has 1 aromatic carbocycles. The van der Waals surface area contributed by atoms with Gasteiger partial charge in [0, 0.05) is 40.5 Å². The van der Waals surface area contributed by atoms with Gasteiger partial charge in [-0.05, 0) is 110 Å². The van der Waals surface area contributed by atoms with Crippen LogP contribution in [0.4, 0.5) is 46.9 Å². The van der Waals surface area contributed by atoms with E-state index in [-0.39, 0.29) is 22.3 Å². The van der Waals surface area contributed by atoms with Gasteiger partial charge in [0.25, 0.3) is 5.91 Å². The van der Waals surface area contributed by atoms with Gasteiger partial charge in [0.15, 0.2) is 0 Å². The fourth-order valence-corrected chi connectivity index (χ4v) is 6.68. The minimum absolute atomic E-state index is 0.0684. The molecule has 4 aromatic heterocycles. The van der Waals surface area contributed by atoms with Crippen LogP contribution in [0.15, 0.2) is 102 Å². The summed E-state index contributed by atoms with van der Waals surface area (Å²) in [6.45, 7) is 7.45. The van der Waals surface area contributed by atoms with Crippen LogP contribution in [-0.4, -0.2) is 42.9 Å². The van der Waals surface area contributed by atoms with Crippen LogP contribution in [0.5, 0.6) is 0 Å². The van der Waals surface area contributed by atoms with Gasteiger partial charge in [-0.3, -0.25) is 4.79 Å². The molecule has 5 heterocycles. The lowest BCUT2D eigenvalue weighted by Crippen LogP contribution is -2.55. The number of carbonyl (C=O) groups excluding carboxylic acids is 2. The first-order valence-corrected chi connectivity index (χ1v) is 16.5. The lowest BCUT2D eigenvalue weighted by atomic mass is 9.70. The average Bonchev–Trinajstić information content (AvgIpc) is 3.34. The van der Waals surface area contributed by atoms with Crippen molar-refractivity contribution < 1.29 is 22.8 Å². The van der Waals surface area contributed by atoms with Gasteiger partial charge in [0.2, 0.25) is 0 Å². The van der Waals surface area contributed by atoms with Crippen LogP contribution < -0.4 is 20.9 Å². The molecule has 5 aromatic rings. The fraction of sp³-hybridized carbons (Fsp3) is 0.222. The molecule has 2 atom stereocenters. The molecular weight excluding hydrogens is 666 g/mol. The van der Waals surface area contributed by atoms with Crippen molar-refractivity contribution in [2.45, 2.75) is 55.5 Å². The quantitative estimate of drug-likeness (QED) is 0.0974. The lowest BCUT2D eigenvalue weighted by molar-refractivity contribution is -0.123. The van der Waals surface area contributed by atoms with Crippen molar-refractivity contribution in [3.05, 3.63) is 120 Å². The number of hydrogen-bond acceptors (Lipinski definition) is 9. The van der Waals surface area contributed by atoms with Crippen LogP contribution in [0, 0.1) is 13.8 Å². The summed E-state index contributed by atoms with van der Waals surface area (Å²) in [4.78, 5) is 47.4. The highest BCUT2D eigenvalue weighted by atomic mass is 32.2. The molecule has 0 radical (unpaired) electrons. The normalized spacial score (nSPS) is 17.3. The van der Waals surface area contributed by atoms with Crippen molar-refractivity contribution in [2.24, 2.45) is 0 Å². The number of thioether (sulfide) groups is 1. The first-order valence-electron chi connectivity index (χ1n) is 15.7. The van der Waals surface area contributed by atoms with Gasteiger partial charge in [-0.1, -0.05) is 26.0 Å². The van der Waals surface area contributed by atoms with Crippen molar-refractivity contribution >= 4 is 52.7 Å². The molecule has 10 nitrogen and oxygen atoms in total.